The van der Waals surface area contributed by atoms with E-state index in [1.165, 1.54) is 5.56 Å². The average molecular weight is 271 g/mol. The highest BCUT2D eigenvalue weighted by Gasteiger charge is 2.20. The lowest BCUT2D eigenvalue weighted by atomic mass is 9.95. The lowest BCUT2D eigenvalue weighted by Gasteiger charge is -2.30. The summed E-state index contributed by atoms with van der Waals surface area (Å²) in [5, 5.41) is 12.0. The van der Waals surface area contributed by atoms with Gasteiger partial charge in [0.25, 0.3) is 0 Å². The van der Waals surface area contributed by atoms with E-state index in [4.69, 9.17) is 5.26 Å². The molecular weight excluding hydrogens is 250 g/mol. The molecule has 0 radical (unpaired) electrons. The number of nitriles is 1. The molecule has 0 spiro atoms. The Balaban J connectivity index is 1.97. The molecule has 1 aliphatic rings. The van der Waals surface area contributed by atoms with Crippen molar-refractivity contribution in [3.05, 3.63) is 35.4 Å². The third kappa shape index (κ3) is 3.82. The summed E-state index contributed by atoms with van der Waals surface area (Å²) in [6.07, 6.45) is 1.96. The first-order chi connectivity index (χ1) is 9.72. The Morgan fingerprint density at radius 1 is 1.50 bits per heavy atom. The Morgan fingerprint density at radius 3 is 3.05 bits per heavy atom. The predicted molar refractivity (Wildman–Crippen MR) is 78.1 cm³/mol. The summed E-state index contributed by atoms with van der Waals surface area (Å²) < 4.78 is 0. The minimum Gasteiger partial charge on any atom is -0.340 e. The second kappa shape index (κ2) is 7.06. The summed E-state index contributed by atoms with van der Waals surface area (Å²) >= 11 is 0. The highest BCUT2D eigenvalue weighted by atomic mass is 16.2. The van der Waals surface area contributed by atoms with Crippen molar-refractivity contribution in [2.75, 3.05) is 26.2 Å². The van der Waals surface area contributed by atoms with Gasteiger partial charge in [0.15, 0.2) is 0 Å². The molecule has 1 atom stereocenters. The monoisotopic (exact) mass is 271 g/mol. The van der Waals surface area contributed by atoms with Crippen LogP contribution in [0.2, 0.25) is 0 Å². The number of hydrogen-bond acceptors (Lipinski definition) is 3. The number of carbonyl (C=O) groups excluding carboxylic acids is 1. The molecule has 1 unspecified atom stereocenters. The summed E-state index contributed by atoms with van der Waals surface area (Å²) in [6, 6.07) is 9.93. The quantitative estimate of drug-likeness (QED) is 0.884. The normalized spacial score (nSPS) is 16.8. The standard InChI is InChI=1S/C16H21N3O/c1-2-13(12-19-7-6-18-11-16(19)20)8-14-4-3-5-15(9-14)10-17/h3-5,9,13,18H,2,6-8,11-12H2,1H3. The minimum absolute atomic E-state index is 0.195. The van der Waals surface area contributed by atoms with Gasteiger partial charge >= 0.3 is 0 Å². The van der Waals surface area contributed by atoms with Gasteiger partial charge in [-0.3, -0.25) is 4.79 Å². The molecule has 1 aromatic carbocycles. The van der Waals surface area contributed by atoms with Gasteiger partial charge in [-0.25, -0.2) is 0 Å². The summed E-state index contributed by atoms with van der Waals surface area (Å²) in [6.45, 7) is 5.11. The molecule has 1 fully saturated rings. The van der Waals surface area contributed by atoms with Crippen LogP contribution in [-0.4, -0.2) is 37.0 Å². The number of nitrogens with zero attached hydrogens (tertiary/aromatic N) is 2. The van der Waals surface area contributed by atoms with Crippen molar-refractivity contribution in [3.63, 3.8) is 0 Å². The fourth-order valence-corrected chi connectivity index (χ4v) is 2.59. The average Bonchev–Trinajstić information content (AvgIpc) is 2.49. The predicted octanol–water partition coefficient (Wildman–Crippen LogP) is 1.56. The summed E-state index contributed by atoms with van der Waals surface area (Å²) in [4.78, 5) is 13.8. The smallest absolute Gasteiger partial charge is 0.236 e. The van der Waals surface area contributed by atoms with Crippen LogP contribution < -0.4 is 5.32 Å². The molecule has 0 bridgehead atoms. The molecule has 0 saturated carbocycles. The van der Waals surface area contributed by atoms with E-state index in [2.05, 4.69) is 24.4 Å². The maximum absolute atomic E-state index is 11.8. The first-order valence-electron chi connectivity index (χ1n) is 7.20. The Bertz CT molecular complexity index is 507. The van der Waals surface area contributed by atoms with E-state index in [0.717, 1.165) is 32.5 Å². The molecule has 20 heavy (non-hydrogen) atoms. The molecule has 0 aromatic heterocycles. The van der Waals surface area contributed by atoms with Crippen LogP contribution in [0.1, 0.15) is 24.5 Å². The van der Waals surface area contributed by atoms with E-state index >= 15 is 0 Å². The van der Waals surface area contributed by atoms with Gasteiger partial charge in [0.1, 0.15) is 0 Å². The topological polar surface area (TPSA) is 56.1 Å². The van der Waals surface area contributed by atoms with Crippen molar-refractivity contribution >= 4 is 5.91 Å². The number of hydrogen-bond donors (Lipinski definition) is 1. The van der Waals surface area contributed by atoms with Gasteiger partial charge in [-0.05, 0) is 30.0 Å². The molecule has 1 N–H and O–H groups in total. The molecule has 2 rings (SSSR count). The maximum atomic E-state index is 11.8. The molecule has 4 nitrogen and oxygen atoms in total. The number of rotatable bonds is 5. The summed E-state index contributed by atoms with van der Waals surface area (Å²) in [5.41, 5.74) is 1.88. The van der Waals surface area contributed by atoms with Crippen molar-refractivity contribution in [3.8, 4) is 6.07 Å². The second-order valence-electron chi connectivity index (χ2n) is 5.31. The number of amides is 1. The molecule has 1 saturated heterocycles. The minimum atomic E-state index is 0.195. The first kappa shape index (κ1) is 14.5. The number of nitrogens with one attached hydrogen (secondary N) is 1. The Labute approximate surface area is 120 Å². The first-order valence-corrected chi connectivity index (χ1v) is 7.20. The van der Waals surface area contributed by atoms with E-state index in [1.54, 1.807) is 0 Å². The van der Waals surface area contributed by atoms with Crippen LogP contribution in [0.15, 0.2) is 24.3 Å². The van der Waals surface area contributed by atoms with Crippen LogP contribution >= 0.6 is 0 Å². The van der Waals surface area contributed by atoms with Crippen molar-refractivity contribution in [1.82, 2.24) is 10.2 Å². The SMILES string of the molecule is CCC(Cc1cccc(C#N)c1)CN1CCNCC1=O. The fourth-order valence-electron chi connectivity index (χ4n) is 2.59. The van der Waals surface area contributed by atoms with E-state index in [-0.39, 0.29) is 5.91 Å². The molecule has 106 valence electrons. The van der Waals surface area contributed by atoms with Gasteiger partial charge in [-0.2, -0.15) is 5.26 Å². The van der Waals surface area contributed by atoms with Crippen molar-refractivity contribution < 1.29 is 4.79 Å². The van der Waals surface area contributed by atoms with E-state index in [9.17, 15) is 4.79 Å². The van der Waals surface area contributed by atoms with Crippen LogP contribution in [0.25, 0.3) is 0 Å². The second-order valence-corrected chi connectivity index (χ2v) is 5.31. The molecule has 4 heteroatoms. The van der Waals surface area contributed by atoms with Gasteiger partial charge in [-0.15, -0.1) is 0 Å². The fraction of sp³-hybridized carbons (Fsp3) is 0.500. The van der Waals surface area contributed by atoms with Crippen LogP contribution in [0.5, 0.6) is 0 Å². The maximum Gasteiger partial charge on any atom is 0.236 e. The van der Waals surface area contributed by atoms with Gasteiger partial charge in [-0.1, -0.05) is 25.5 Å². The van der Waals surface area contributed by atoms with E-state index in [1.807, 2.05) is 23.1 Å². The molecule has 1 aromatic rings. The van der Waals surface area contributed by atoms with Crippen molar-refractivity contribution in [2.45, 2.75) is 19.8 Å². The van der Waals surface area contributed by atoms with E-state index < -0.39 is 0 Å². The van der Waals surface area contributed by atoms with Gasteiger partial charge in [0.2, 0.25) is 5.91 Å². The van der Waals surface area contributed by atoms with Crippen LogP contribution in [0.3, 0.4) is 0 Å². The third-order valence-corrected chi connectivity index (χ3v) is 3.82. The molecule has 1 heterocycles. The zero-order valence-electron chi connectivity index (χ0n) is 11.9. The number of piperazine rings is 1. The molecular formula is C16H21N3O. The molecule has 1 amide bonds. The molecule has 0 aliphatic carbocycles. The lowest BCUT2D eigenvalue weighted by Crippen LogP contribution is -2.49. The highest BCUT2D eigenvalue weighted by Crippen LogP contribution is 2.15. The third-order valence-electron chi connectivity index (χ3n) is 3.82. The van der Waals surface area contributed by atoms with Crippen molar-refractivity contribution in [2.24, 2.45) is 5.92 Å². The van der Waals surface area contributed by atoms with Gasteiger partial charge in [0, 0.05) is 19.6 Å². The highest BCUT2D eigenvalue weighted by molar-refractivity contribution is 5.78. The Kier molecular flexibility index (Phi) is 5.14. The van der Waals surface area contributed by atoms with Crippen molar-refractivity contribution in [1.29, 1.82) is 5.26 Å². The zero-order valence-corrected chi connectivity index (χ0v) is 11.9. The number of carbonyl (C=O) groups is 1. The Hall–Kier alpha value is -1.86. The van der Waals surface area contributed by atoms with E-state index in [0.29, 0.717) is 18.0 Å². The largest absolute Gasteiger partial charge is 0.340 e. The van der Waals surface area contributed by atoms with Gasteiger partial charge < -0.3 is 10.2 Å². The summed E-state index contributed by atoms with van der Waals surface area (Å²) in [7, 11) is 0. The van der Waals surface area contributed by atoms with Gasteiger partial charge in [0.05, 0.1) is 18.2 Å². The van der Waals surface area contributed by atoms with Crippen LogP contribution in [0, 0.1) is 17.2 Å². The van der Waals surface area contributed by atoms with Crippen LogP contribution in [-0.2, 0) is 11.2 Å². The Morgan fingerprint density at radius 2 is 2.35 bits per heavy atom. The lowest BCUT2D eigenvalue weighted by molar-refractivity contribution is -0.132. The molecule has 1 aliphatic heterocycles. The number of benzene rings is 1. The van der Waals surface area contributed by atoms with Crippen LogP contribution in [0.4, 0.5) is 0 Å². The zero-order chi connectivity index (χ0) is 14.4. The summed E-state index contributed by atoms with van der Waals surface area (Å²) in [5.74, 6) is 0.645.